The Kier molecular flexibility index (Phi) is 3.62. The molecule has 1 aliphatic heterocycles. The van der Waals surface area contributed by atoms with Crippen LogP contribution in [-0.2, 0) is 4.65 Å². The molecule has 0 saturated carbocycles. The van der Waals surface area contributed by atoms with Crippen LogP contribution in [0.4, 0.5) is 11.4 Å². The molecule has 0 amide bonds. The summed E-state index contributed by atoms with van der Waals surface area (Å²) in [5.74, 6) is 0. The monoisotopic (exact) mass is 301 g/mol. The molecule has 1 atom stereocenters. The Morgan fingerprint density at radius 2 is 1.43 bits per heavy atom. The van der Waals surface area contributed by atoms with Gasteiger partial charge in [-0.25, -0.2) is 0 Å². The summed E-state index contributed by atoms with van der Waals surface area (Å²) in [5.41, 5.74) is 4.99. The van der Waals surface area contributed by atoms with E-state index in [-0.39, 0.29) is 6.10 Å². The first-order valence-electron chi connectivity index (χ1n) is 7.66. The molecule has 112 valence electrons. The Balaban J connectivity index is 1.57. The van der Waals surface area contributed by atoms with Gasteiger partial charge in [0.1, 0.15) is 0 Å². The normalized spacial score (nSPS) is 16.2. The maximum Gasteiger partial charge on any atom is 0.492 e. The smallest absolute Gasteiger partial charge is 0.423 e. The fraction of sp³-hybridized carbons (Fsp3) is 0.0526. The lowest BCUT2D eigenvalue weighted by Gasteiger charge is -2.14. The van der Waals surface area contributed by atoms with Gasteiger partial charge < -0.3 is 15.0 Å². The third kappa shape index (κ3) is 2.74. The van der Waals surface area contributed by atoms with Crippen LogP contribution in [0.2, 0.25) is 0 Å². The lowest BCUT2D eigenvalue weighted by molar-refractivity contribution is 0.226. The molecule has 0 aliphatic carbocycles. The lowest BCUT2D eigenvalue weighted by atomic mass is 9.79. The van der Waals surface area contributed by atoms with E-state index in [2.05, 4.69) is 5.32 Å². The van der Waals surface area contributed by atoms with E-state index < -0.39 is 7.12 Å². The standard InChI is InChI=1S/C19H16BNO2/c22-20-18-9-5-4-8-17(18)19(23-20)14-10-12-16(13-11-14)21-15-6-2-1-3-7-15/h1-13,19,21-22H. The van der Waals surface area contributed by atoms with E-state index in [1.807, 2.05) is 78.9 Å². The highest BCUT2D eigenvalue weighted by atomic mass is 16.5. The van der Waals surface area contributed by atoms with Gasteiger partial charge in [-0.15, -0.1) is 0 Å². The molecule has 0 bridgehead atoms. The predicted molar refractivity (Wildman–Crippen MR) is 93.1 cm³/mol. The van der Waals surface area contributed by atoms with Crippen LogP contribution in [-0.4, -0.2) is 12.1 Å². The summed E-state index contributed by atoms with van der Waals surface area (Å²) in [6.07, 6.45) is -0.216. The number of para-hydroxylation sites is 1. The fourth-order valence-electron chi connectivity index (χ4n) is 2.94. The number of rotatable bonds is 3. The van der Waals surface area contributed by atoms with Gasteiger partial charge in [0, 0.05) is 11.4 Å². The van der Waals surface area contributed by atoms with Gasteiger partial charge in [0.15, 0.2) is 0 Å². The maximum atomic E-state index is 10.0. The molecular formula is C19H16BNO2. The van der Waals surface area contributed by atoms with Gasteiger partial charge in [0.2, 0.25) is 0 Å². The summed E-state index contributed by atoms with van der Waals surface area (Å²) in [4.78, 5) is 0. The lowest BCUT2D eigenvalue weighted by Crippen LogP contribution is -2.27. The molecule has 3 nitrogen and oxygen atoms in total. The largest absolute Gasteiger partial charge is 0.492 e. The molecular weight excluding hydrogens is 285 g/mol. The van der Waals surface area contributed by atoms with Crippen molar-refractivity contribution >= 4 is 24.0 Å². The van der Waals surface area contributed by atoms with Gasteiger partial charge in [-0.3, -0.25) is 0 Å². The van der Waals surface area contributed by atoms with Crippen LogP contribution in [0.15, 0.2) is 78.9 Å². The molecule has 3 aromatic carbocycles. The van der Waals surface area contributed by atoms with E-state index in [0.717, 1.165) is 28.0 Å². The van der Waals surface area contributed by atoms with Crippen LogP contribution in [0.5, 0.6) is 0 Å². The highest BCUT2D eigenvalue weighted by Gasteiger charge is 2.35. The molecule has 0 aromatic heterocycles. The minimum absolute atomic E-state index is 0.216. The van der Waals surface area contributed by atoms with Crippen LogP contribution < -0.4 is 10.8 Å². The molecule has 1 heterocycles. The molecule has 4 heteroatoms. The highest BCUT2D eigenvalue weighted by Crippen LogP contribution is 2.31. The molecule has 0 saturated heterocycles. The van der Waals surface area contributed by atoms with Crippen LogP contribution in [0.3, 0.4) is 0 Å². The molecule has 23 heavy (non-hydrogen) atoms. The Labute approximate surface area is 135 Å². The van der Waals surface area contributed by atoms with E-state index in [4.69, 9.17) is 4.65 Å². The van der Waals surface area contributed by atoms with E-state index in [9.17, 15) is 5.02 Å². The van der Waals surface area contributed by atoms with Crippen LogP contribution in [0, 0.1) is 0 Å². The Hall–Kier alpha value is -2.56. The third-order valence-corrected chi connectivity index (χ3v) is 4.09. The summed E-state index contributed by atoms with van der Waals surface area (Å²) in [6, 6.07) is 26.0. The van der Waals surface area contributed by atoms with Crippen molar-refractivity contribution in [2.75, 3.05) is 5.32 Å². The van der Waals surface area contributed by atoms with Crippen molar-refractivity contribution in [3.05, 3.63) is 90.0 Å². The van der Waals surface area contributed by atoms with Crippen molar-refractivity contribution in [3.63, 3.8) is 0 Å². The summed E-state index contributed by atoms with van der Waals surface area (Å²) in [6.45, 7) is 0. The number of benzene rings is 3. The average molecular weight is 301 g/mol. The first kappa shape index (κ1) is 14.1. The van der Waals surface area contributed by atoms with Gasteiger partial charge in [0.25, 0.3) is 0 Å². The zero-order chi connectivity index (χ0) is 15.6. The summed E-state index contributed by atoms with van der Waals surface area (Å²) < 4.78 is 5.71. The van der Waals surface area contributed by atoms with Crippen molar-refractivity contribution in [2.45, 2.75) is 6.10 Å². The molecule has 3 aromatic rings. The Morgan fingerprint density at radius 1 is 0.783 bits per heavy atom. The van der Waals surface area contributed by atoms with Crippen LogP contribution in [0.25, 0.3) is 0 Å². The predicted octanol–water partition coefficient (Wildman–Crippen LogP) is 3.24. The van der Waals surface area contributed by atoms with Gasteiger partial charge in [0.05, 0.1) is 6.10 Å². The molecule has 1 aliphatic rings. The van der Waals surface area contributed by atoms with E-state index in [1.54, 1.807) is 0 Å². The van der Waals surface area contributed by atoms with E-state index >= 15 is 0 Å². The first-order chi connectivity index (χ1) is 11.3. The van der Waals surface area contributed by atoms with Crippen molar-refractivity contribution < 1.29 is 9.68 Å². The van der Waals surface area contributed by atoms with E-state index in [1.165, 1.54) is 0 Å². The van der Waals surface area contributed by atoms with Gasteiger partial charge in [-0.2, -0.15) is 0 Å². The number of anilines is 2. The molecule has 0 fully saturated rings. The summed E-state index contributed by atoms with van der Waals surface area (Å²) >= 11 is 0. The van der Waals surface area contributed by atoms with Crippen LogP contribution >= 0.6 is 0 Å². The fourth-order valence-corrected chi connectivity index (χ4v) is 2.94. The van der Waals surface area contributed by atoms with Crippen molar-refractivity contribution in [3.8, 4) is 0 Å². The number of hydrogen-bond acceptors (Lipinski definition) is 3. The van der Waals surface area contributed by atoms with Gasteiger partial charge >= 0.3 is 7.12 Å². The number of fused-ring (bicyclic) bond motifs is 1. The maximum absolute atomic E-state index is 10.0. The number of nitrogens with one attached hydrogen (secondary N) is 1. The SMILES string of the molecule is OB1OC(c2ccc(Nc3ccccc3)cc2)c2ccccc21. The topological polar surface area (TPSA) is 41.5 Å². The summed E-state index contributed by atoms with van der Waals surface area (Å²) in [5, 5.41) is 13.4. The highest BCUT2D eigenvalue weighted by molar-refractivity contribution is 6.61. The minimum Gasteiger partial charge on any atom is -0.423 e. The molecule has 2 N–H and O–H groups in total. The van der Waals surface area contributed by atoms with Crippen molar-refractivity contribution in [1.82, 2.24) is 0 Å². The van der Waals surface area contributed by atoms with Crippen LogP contribution in [0.1, 0.15) is 17.2 Å². The minimum atomic E-state index is -0.849. The molecule has 1 unspecified atom stereocenters. The van der Waals surface area contributed by atoms with Crippen molar-refractivity contribution in [1.29, 1.82) is 0 Å². The van der Waals surface area contributed by atoms with Crippen molar-refractivity contribution in [2.24, 2.45) is 0 Å². The average Bonchev–Trinajstić information content (AvgIpc) is 2.94. The summed E-state index contributed by atoms with van der Waals surface area (Å²) in [7, 11) is -0.849. The molecule has 0 radical (unpaired) electrons. The molecule has 4 rings (SSSR count). The zero-order valence-corrected chi connectivity index (χ0v) is 12.5. The van der Waals surface area contributed by atoms with Gasteiger partial charge in [-0.1, -0.05) is 54.6 Å². The second-order valence-corrected chi connectivity index (χ2v) is 5.61. The number of hydrogen-bond donors (Lipinski definition) is 2. The van der Waals surface area contributed by atoms with Gasteiger partial charge in [-0.05, 0) is 40.9 Å². The second-order valence-electron chi connectivity index (χ2n) is 5.61. The first-order valence-corrected chi connectivity index (χ1v) is 7.66. The Bertz CT molecular complexity index is 805. The zero-order valence-electron chi connectivity index (χ0n) is 12.5. The Morgan fingerprint density at radius 3 is 2.22 bits per heavy atom. The molecule has 0 spiro atoms. The second kappa shape index (κ2) is 5.91. The van der Waals surface area contributed by atoms with E-state index in [0.29, 0.717) is 0 Å². The quantitative estimate of drug-likeness (QED) is 0.730. The third-order valence-electron chi connectivity index (χ3n) is 4.09.